The van der Waals surface area contributed by atoms with Crippen LogP contribution in [0.4, 0.5) is 0 Å². The molecule has 1 heterocycles. The van der Waals surface area contributed by atoms with Crippen LogP contribution < -0.4 is 0 Å². The van der Waals surface area contributed by atoms with Crippen LogP contribution in [0.3, 0.4) is 0 Å². The maximum Gasteiger partial charge on any atom is 0.312 e. The number of allylic oxidation sites excluding steroid dienone is 2. The molecule has 2 aliphatic rings. The van der Waals surface area contributed by atoms with Crippen LogP contribution in [0.2, 0.25) is 0 Å². The summed E-state index contributed by atoms with van der Waals surface area (Å²) < 4.78 is 11.8. The number of aliphatic carboxylic acids is 1. The minimum absolute atomic E-state index is 0.0429. The Morgan fingerprint density at radius 2 is 1.22 bits per heavy atom. The fourth-order valence-electron chi connectivity index (χ4n) is 8.12. The smallest absolute Gasteiger partial charge is 0.312 e. The van der Waals surface area contributed by atoms with Crippen molar-refractivity contribution in [1.82, 2.24) is 4.90 Å². The van der Waals surface area contributed by atoms with E-state index in [-0.39, 0.29) is 41.2 Å². The number of rotatable bonds is 30. The van der Waals surface area contributed by atoms with Gasteiger partial charge in [-0.1, -0.05) is 155 Å². The molecule has 0 bridgehead atoms. The highest BCUT2D eigenvalue weighted by Gasteiger charge is 2.43. The summed E-state index contributed by atoms with van der Waals surface area (Å²) in [6.45, 7) is 13.3. The van der Waals surface area contributed by atoms with Crippen LogP contribution >= 0.6 is 0 Å². The Kier molecular flexibility index (Phi) is 29.9. The van der Waals surface area contributed by atoms with Crippen LogP contribution in [0.25, 0.3) is 0 Å². The molecule has 0 aromatic rings. The van der Waals surface area contributed by atoms with Crippen LogP contribution in [0.5, 0.6) is 0 Å². The molecule has 1 saturated carbocycles. The van der Waals surface area contributed by atoms with Gasteiger partial charge >= 0.3 is 17.9 Å². The zero-order chi connectivity index (χ0) is 39.9. The summed E-state index contributed by atoms with van der Waals surface area (Å²) in [6.07, 6.45) is 35.4. The predicted molar refractivity (Wildman–Crippen MR) is 226 cm³/mol. The Hall–Kier alpha value is -1.89. The largest absolute Gasteiger partial charge is 0.481 e. The summed E-state index contributed by atoms with van der Waals surface area (Å²) in [5, 5.41) is 9.17. The molecule has 1 N–H and O–H groups in total. The number of esters is 2. The van der Waals surface area contributed by atoms with E-state index in [0.717, 1.165) is 90.1 Å². The second kappa shape index (κ2) is 32.2. The molecule has 2 rings (SSSR count). The minimum atomic E-state index is -0.583. The molecule has 4 unspecified atom stereocenters. The average Bonchev–Trinajstić information content (AvgIpc) is 3.52. The molecule has 54 heavy (non-hydrogen) atoms. The molecule has 316 valence electrons. The molecular formula is C47H87NO6. The second-order valence-corrected chi connectivity index (χ2v) is 17.1. The molecule has 0 aromatic heterocycles. The fourth-order valence-corrected chi connectivity index (χ4v) is 8.12. The maximum absolute atomic E-state index is 13.2. The molecule has 4 atom stereocenters. The quantitative estimate of drug-likeness (QED) is 0.0442. The highest BCUT2D eigenvalue weighted by atomic mass is 16.5. The third-order valence-corrected chi connectivity index (χ3v) is 12.2. The van der Waals surface area contributed by atoms with Crippen LogP contribution in [-0.4, -0.2) is 60.8 Å². The first-order valence-electron chi connectivity index (χ1n) is 23.0. The summed E-state index contributed by atoms with van der Waals surface area (Å²) in [4.78, 5) is 39.2. The summed E-state index contributed by atoms with van der Waals surface area (Å²) in [5.41, 5.74) is -0.386. The first kappa shape index (κ1) is 50.1. The maximum atomic E-state index is 13.2. The SMILES string of the molecule is CC/C=C\CC1C(CC(=O)OCCCCCCCCCCC)CCC1OC(=O)C1(C)CCN(C)CC1.CCCCCCCCC(CCCCCC)C(=O)O. The van der Waals surface area contributed by atoms with Crippen molar-refractivity contribution < 1.29 is 29.0 Å². The summed E-state index contributed by atoms with van der Waals surface area (Å²) in [6, 6.07) is 0. The van der Waals surface area contributed by atoms with Crippen LogP contribution in [-0.2, 0) is 23.9 Å². The van der Waals surface area contributed by atoms with E-state index in [1.165, 1.54) is 96.3 Å². The first-order chi connectivity index (χ1) is 26.1. The lowest BCUT2D eigenvalue weighted by molar-refractivity contribution is -0.165. The molecule has 7 nitrogen and oxygen atoms in total. The molecular weight excluding hydrogens is 675 g/mol. The fraction of sp³-hybridized carbons (Fsp3) is 0.894. The van der Waals surface area contributed by atoms with E-state index in [9.17, 15) is 19.5 Å². The van der Waals surface area contributed by atoms with E-state index in [1.807, 2.05) is 0 Å². The van der Waals surface area contributed by atoms with Gasteiger partial charge in [-0.15, -0.1) is 0 Å². The number of unbranched alkanes of at least 4 members (excludes halogenated alkanes) is 16. The van der Waals surface area contributed by atoms with Crippen LogP contribution in [0.15, 0.2) is 12.2 Å². The molecule has 1 aliphatic heterocycles. The van der Waals surface area contributed by atoms with Crippen LogP contribution in [0, 0.1) is 23.2 Å². The van der Waals surface area contributed by atoms with Gasteiger partial charge in [0.1, 0.15) is 6.10 Å². The van der Waals surface area contributed by atoms with Crippen molar-refractivity contribution in [2.45, 2.75) is 221 Å². The van der Waals surface area contributed by atoms with E-state index in [2.05, 4.69) is 58.7 Å². The molecule has 0 spiro atoms. The van der Waals surface area contributed by atoms with Gasteiger partial charge in [-0.05, 0) is 90.8 Å². The van der Waals surface area contributed by atoms with Gasteiger partial charge in [0.25, 0.3) is 0 Å². The van der Waals surface area contributed by atoms with Crippen LogP contribution in [0.1, 0.15) is 214 Å². The van der Waals surface area contributed by atoms with Gasteiger partial charge in [0.05, 0.1) is 17.9 Å². The topological polar surface area (TPSA) is 93.1 Å². The highest BCUT2D eigenvalue weighted by Crippen LogP contribution is 2.41. The van der Waals surface area contributed by atoms with E-state index in [4.69, 9.17) is 9.47 Å². The van der Waals surface area contributed by atoms with Crippen molar-refractivity contribution >= 4 is 17.9 Å². The normalized spacial score (nSPS) is 20.4. The number of hydrogen-bond acceptors (Lipinski definition) is 6. The monoisotopic (exact) mass is 762 g/mol. The number of nitrogens with zero attached hydrogens (tertiary/aromatic N) is 1. The third kappa shape index (κ3) is 23.2. The van der Waals surface area contributed by atoms with Crippen molar-refractivity contribution in [3.8, 4) is 0 Å². The lowest BCUT2D eigenvalue weighted by Gasteiger charge is -2.37. The van der Waals surface area contributed by atoms with Crippen molar-refractivity contribution in [1.29, 1.82) is 0 Å². The minimum Gasteiger partial charge on any atom is -0.481 e. The lowest BCUT2D eigenvalue weighted by atomic mass is 9.80. The van der Waals surface area contributed by atoms with Crippen molar-refractivity contribution in [3.05, 3.63) is 12.2 Å². The standard InChI is InChI=1S/C31H55NO4.C16H32O2/c1-5-7-9-10-11-12-13-14-16-24-35-29(33)25-26-18-19-28(27(26)17-15-8-6-2)36-30(34)31(3)20-22-32(4)23-21-31;1-3-5-7-9-10-12-14-15(16(17)18)13-11-8-6-4-2/h8,15,26-28H,5-7,9-14,16-25H2,1-4H3;15H,3-14H2,1-2H3,(H,17,18)/b15-8-;. The first-order valence-corrected chi connectivity index (χ1v) is 23.0. The summed E-state index contributed by atoms with van der Waals surface area (Å²) in [7, 11) is 2.11. The van der Waals surface area contributed by atoms with Gasteiger partial charge in [-0.2, -0.15) is 0 Å². The zero-order valence-corrected chi connectivity index (χ0v) is 36.3. The summed E-state index contributed by atoms with van der Waals surface area (Å²) >= 11 is 0. The number of likely N-dealkylation sites (tertiary alicyclic amines) is 1. The van der Waals surface area contributed by atoms with Gasteiger partial charge < -0.3 is 19.5 Å². The average molecular weight is 762 g/mol. The highest BCUT2D eigenvalue weighted by molar-refractivity contribution is 5.77. The van der Waals surface area contributed by atoms with Crippen molar-refractivity contribution in [2.75, 3.05) is 26.7 Å². The predicted octanol–water partition coefficient (Wildman–Crippen LogP) is 12.9. The number of piperidine rings is 1. The van der Waals surface area contributed by atoms with Gasteiger partial charge in [0.2, 0.25) is 0 Å². The lowest BCUT2D eigenvalue weighted by Crippen LogP contribution is -2.43. The molecule has 1 aliphatic carbocycles. The van der Waals surface area contributed by atoms with Gasteiger partial charge in [-0.25, -0.2) is 0 Å². The number of carboxylic acids is 1. The number of hydrogen-bond donors (Lipinski definition) is 1. The Labute approximate surface area is 333 Å². The Balaban J connectivity index is 0.000000682. The third-order valence-electron chi connectivity index (χ3n) is 12.2. The van der Waals surface area contributed by atoms with E-state index >= 15 is 0 Å². The van der Waals surface area contributed by atoms with Gasteiger partial charge in [0, 0.05) is 12.3 Å². The van der Waals surface area contributed by atoms with Crippen molar-refractivity contribution in [3.63, 3.8) is 0 Å². The van der Waals surface area contributed by atoms with E-state index in [0.29, 0.717) is 13.0 Å². The van der Waals surface area contributed by atoms with Gasteiger partial charge in [0.15, 0.2) is 0 Å². The second-order valence-electron chi connectivity index (χ2n) is 17.1. The molecule has 0 radical (unpaired) electrons. The Morgan fingerprint density at radius 3 is 1.74 bits per heavy atom. The zero-order valence-electron chi connectivity index (χ0n) is 36.3. The molecule has 1 saturated heterocycles. The Morgan fingerprint density at radius 1 is 0.722 bits per heavy atom. The molecule has 0 aromatic carbocycles. The molecule has 2 fully saturated rings. The van der Waals surface area contributed by atoms with Gasteiger partial charge in [-0.3, -0.25) is 14.4 Å². The number of ether oxygens (including phenoxy) is 2. The van der Waals surface area contributed by atoms with Crippen molar-refractivity contribution in [2.24, 2.45) is 23.2 Å². The molecule has 0 amide bonds. The molecule has 7 heteroatoms. The number of carbonyl (C=O) groups excluding carboxylic acids is 2. The summed E-state index contributed by atoms with van der Waals surface area (Å²) in [5.74, 6) is -0.373. The van der Waals surface area contributed by atoms with E-state index in [1.54, 1.807) is 0 Å². The number of carbonyl (C=O) groups is 3. The van der Waals surface area contributed by atoms with E-state index < -0.39 is 5.97 Å². The Bertz CT molecular complexity index is 973. The number of carboxylic acid groups (broad SMARTS) is 1.